The summed E-state index contributed by atoms with van der Waals surface area (Å²) >= 11 is 0. The monoisotopic (exact) mass is 282 g/mol. The first kappa shape index (κ1) is 12.8. The number of hydrogen-bond acceptors (Lipinski definition) is 1. The number of fused-ring (bicyclic) bond motifs is 2. The van der Waals surface area contributed by atoms with E-state index in [1.807, 2.05) is 54.6 Å². The summed E-state index contributed by atoms with van der Waals surface area (Å²) in [5.74, 6) is 0. The number of aldehydes is 1. The van der Waals surface area contributed by atoms with Gasteiger partial charge in [-0.3, -0.25) is 4.79 Å². The van der Waals surface area contributed by atoms with E-state index in [0.29, 0.717) is 0 Å². The van der Waals surface area contributed by atoms with Gasteiger partial charge in [0.1, 0.15) is 0 Å². The maximum Gasteiger partial charge on any atom is 0.151 e. The van der Waals surface area contributed by atoms with Gasteiger partial charge in [0, 0.05) is 5.56 Å². The Kier molecular flexibility index (Phi) is 2.97. The average molecular weight is 282 g/mol. The molecule has 1 nitrogen and oxygen atoms in total. The van der Waals surface area contributed by atoms with Crippen LogP contribution in [-0.4, -0.2) is 6.29 Å². The van der Waals surface area contributed by atoms with E-state index < -0.39 is 0 Å². The van der Waals surface area contributed by atoms with Crippen LogP contribution in [0, 0.1) is 0 Å². The van der Waals surface area contributed by atoms with Crippen LogP contribution in [0.15, 0.2) is 78.9 Å². The van der Waals surface area contributed by atoms with E-state index in [-0.39, 0.29) is 0 Å². The van der Waals surface area contributed by atoms with Crippen molar-refractivity contribution in [2.45, 2.75) is 0 Å². The summed E-state index contributed by atoms with van der Waals surface area (Å²) in [6.07, 6.45) is 0.972. The largest absolute Gasteiger partial charge is 0.298 e. The second-order valence-electron chi connectivity index (χ2n) is 5.36. The smallest absolute Gasteiger partial charge is 0.151 e. The van der Waals surface area contributed by atoms with Crippen molar-refractivity contribution in [3.63, 3.8) is 0 Å². The normalized spacial score (nSPS) is 10.9. The van der Waals surface area contributed by atoms with Crippen molar-refractivity contribution in [3.8, 4) is 11.1 Å². The molecule has 0 unspecified atom stereocenters. The van der Waals surface area contributed by atoms with Crippen LogP contribution in [0.5, 0.6) is 0 Å². The van der Waals surface area contributed by atoms with Crippen molar-refractivity contribution < 1.29 is 4.79 Å². The Bertz CT molecular complexity index is 927. The van der Waals surface area contributed by atoms with Crippen LogP contribution in [0.2, 0.25) is 0 Å². The zero-order chi connectivity index (χ0) is 14.9. The molecule has 0 bridgehead atoms. The summed E-state index contributed by atoms with van der Waals surface area (Å²) in [6.45, 7) is 0. The van der Waals surface area contributed by atoms with Crippen molar-refractivity contribution in [2.75, 3.05) is 0 Å². The number of carbonyl (C=O) groups is 1. The molecule has 0 heterocycles. The molecule has 4 aromatic carbocycles. The molecule has 22 heavy (non-hydrogen) atoms. The second kappa shape index (κ2) is 5.12. The van der Waals surface area contributed by atoms with Crippen LogP contribution in [0.1, 0.15) is 10.4 Å². The summed E-state index contributed by atoms with van der Waals surface area (Å²) < 4.78 is 0. The average Bonchev–Trinajstić information content (AvgIpc) is 2.60. The highest BCUT2D eigenvalue weighted by Gasteiger charge is 2.13. The minimum Gasteiger partial charge on any atom is -0.298 e. The lowest BCUT2D eigenvalue weighted by Crippen LogP contribution is -1.91. The Morgan fingerprint density at radius 2 is 1.00 bits per heavy atom. The fourth-order valence-corrected chi connectivity index (χ4v) is 3.20. The minimum atomic E-state index is 0.769. The number of benzene rings is 4. The number of carbonyl (C=O) groups excluding carboxylic acids is 1. The van der Waals surface area contributed by atoms with E-state index in [4.69, 9.17) is 0 Å². The van der Waals surface area contributed by atoms with Gasteiger partial charge in [-0.2, -0.15) is 0 Å². The van der Waals surface area contributed by atoms with Gasteiger partial charge in [0.25, 0.3) is 0 Å². The molecule has 0 aliphatic rings. The Balaban J connectivity index is 2.29. The predicted molar refractivity (Wildman–Crippen MR) is 92.3 cm³/mol. The molecule has 1 heteroatoms. The van der Waals surface area contributed by atoms with E-state index in [0.717, 1.165) is 33.4 Å². The Morgan fingerprint density at radius 1 is 0.545 bits per heavy atom. The van der Waals surface area contributed by atoms with Crippen LogP contribution in [0.4, 0.5) is 0 Å². The molecule has 0 fully saturated rings. The molecule has 4 aromatic rings. The molecule has 0 aliphatic heterocycles. The van der Waals surface area contributed by atoms with Crippen LogP contribution in [0.25, 0.3) is 32.7 Å². The molecule has 0 aromatic heterocycles. The number of hydrogen-bond donors (Lipinski definition) is 0. The van der Waals surface area contributed by atoms with Gasteiger partial charge in [0.05, 0.1) is 0 Å². The van der Waals surface area contributed by atoms with E-state index >= 15 is 0 Å². The summed E-state index contributed by atoms with van der Waals surface area (Å²) in [5, 5.41) is 4.26. The lowest BCUT2D eigenvalue weighted by molar-refractivity contribution is 0.112. The van der Waals surface area contributed by atoms with E-state index in [1.54, 1.807) is 0 Å². The zero-order valence-electron chi connectivity index (χ0n) is 12.0. The maximum absolute atomic E-state index is 11.7. The lowest BCUT2D eigenvalue weighted by Gasteiger charge is -2.14. The van der Waals surface area contributed by atoms with Crippen LogP contribution in [0.3, 0.4) is 0 Å². The van der Waals surface area contributed by atoms with Gasteiger partial charge in [-0.25, -0.2) is 0 Å². The van der Waals surface area contributed by atoms with Gasteiger partial charge in [-0.1, -0.05) is 78.9 Å². The van der Waals surface area contributed by atoms with Crippen molar-refractivity contribution >= 4 is 27.8 Å². The van der Waals surface area contributed by atoms with Gasteiger partial charge in [-0.15, -0.1) is 0 Å². The summed E-state index contributed by atoms with van der Waals surface area (Å²) in [4.78, 5) is 11.7. The van der Waals surface area contributed by atoms with Crippen molar-refractivity contribution in [1.82, 2.24) is 0 Å². The molecule has 0 saturated carbocycles. The summed E-state index contributed by atoms with van der Waals surface area (Å²) in [5.41, 5.74) is 3.13. The van der Waals surface area contributed by atoms with Crippen molar-refractivity contribution in [3.05, 3.63) is 84.4 Å². The molecular formula is C21H14O. The zero-order valence-corrected chi connectivity index (χ0v) is 12.0. The van der Waals surface area contributed by atoms with E-state index in [1.165, 1.54) is 11.1 Å². The third kappa shape index (κ3) is 1.83. The highest BCUT2D eigenvalue weighted by molar-refractivity contribution is 6.20. The molecule has 4 rings (SSSR count). The standard InChI is InChI=1S/C21H14O/c22-14-20-16-10-4-6-12-18(16)21(15-8-2-1-3-9-15)19-13-7-5-11-17(19)20/h1-14H. The third-order valence-corrected chi connectivity index (χ3v) is 4.15. The molecule has 0 radical (unpaired) electrons. The van der Waals surface area contributed by atoms with Crippen LogP contribution < -0.4 is 0 Å². The highest BCUT2D eigenvalue weighted by Crippen LogP contribution is 2.38. The lowest BCUT2D eigenvalue weighted by atomic mass is 9.89. The third-order valence-electron chi connectivity index (χ3n) is 4.15. The molecule has 0 spiro atoms. The first-order valence-electron chi connectivity index (χ1n) is 7.34. The molecule has 0 atom stereocenters. The Labute approximate surface area is 128 Å². The van der Waals surface area contributed by atoms with Crippen molar-refractivity contribution in [2.24, 2.45) is 0 Å². The van der Waals surface area contributed by atoms with Crippen LogP contribution in [-0.2, 0) is 0 Å². The maximum atomic E-state index is 11.7. The van der Waals surface area contributed by atoms with Gasteiger partial charge in [-0.05, 0) is 32.7 Å². The first-order chi connectivity index (χ1) is 10.9. The highest BCUT2D eigenvalue weighted by atomic mass is 16.1. The molecule has 104 valence electrons. The van der Waals surface area contributed by atoms with Gasteiger partial charge < -0.3 is 0 Å². The topological polar surface area (TPSA) is 17.1 Å². The van der Waals surface area contributed by atoms with Gasteiger partial charge in [0.2, 0.25) is 0 Å². The Morgan fingerprint density at radius 3 is 1.50 bits per heavy atom. The Hall–Kier alpha value is -2.93. The first-order valence-corrected chi connectivity index (χ1v) is 7.34. The summed E-state index contributed by atoms with van der Waals surface area (Å²) in [6, 6.07) is 26.6. The van der Waals surface area contributed by atoms with Gasteiger partial charge in [0.15, 0.2) is 6.29 Å². The fraction of sp³-hybridized carbons (Fsp3) is 0. The quantitative estimate of drug-likeness (QED) is 0.352. The molecular weight excluding hydrogens is 268 g/mol. The van der Waals surface area contributed by atoms with Crippen molar-refractivity contribution in [1.29, 1.82) is 0 Å². The predicted octanol–water partition coefficient (Wildman–Crippen LogP) is 5.47. The number of rotatable bonds is 2. The fourth-order valence-electron chi connectivity index (χ4n) is 3.20. The van der Waals surface area contributed by atoms with Gasteiger partial charge >= 0.3 is 0 Å². The van der Waals surface area contributed by atoms with Crippen LogP contribution >= 0.6 is 0 Å². The molecule has 0 amide bonds. The SMILES string of the molecule is O=Cc1c2ccccc2c(-c2ccccc2)c2ccccc12. The molecule has 0 aliphatic carbocycles. The molecule has 0 saturated heterocycles. The summed E-state index contributed by atoms with van der Waals surface area (Å²) in [7, 11) is 0. The van der Waals surface area contributed by atoms with E-state index in [2.05, 4.69) is 24.3 Å². The second-order valence-corrected chi connectivity index (χ2v) is 5.36. The van der Waals surface area contributed by atoms with E-state index in [9.17, 15) is 4.79 Å². The molecule has 0 N–H and O–H groups in total. The minimum absolute atomic E-state index is 0.769.